The van der Waals surface area contributed by atoms with Gasteiger partial charge in [0.05, 0.1) is 23.5 Å². The fourth-order valence-corrected chi connectivity index (χ4v) is 5.55. The highest BCUT2D eigenvalue weighted by Gasteiger charge is 2.29. The summed E-state index contributed by atoms with van der Waals surface area (Å²) < 4.78 is 19.8. The molecule has 182 valence electrons. The molecule has 0 bridgehead atoms. The topological polar surface area (TPSA) is 59.3 Å². The standard InChI is InChI=1S/C27H29FN4O2S/c1-17-8-9-18(2)22(14-17)30-27(33-3)32-12-10-19(11-13-32)26-29-24(16-35-26)23-15-25(34-31-23)20-6-4-5-7-21(20)28/h4-9,14,16,19,25H,10-13,15H2,1-3H3/b30-27-. The van der Waals surface area contributed by atoms with E-state index in [2.05, 4.69) is 42.1 Å². The number of amidine groups is 1. The van der Waals surface area contributed by atoms with Crippen LogP contribution in [0.1, 0.15) is 58.7 Å². The lowest BCUT2D eigenvalue weighted by Gasteiger charge is -2.32. The summed E-state index contributed by atoms with van der Waals surface area (Å²) in [4.78, 5) is 17.4. The minimum absolute atomic E-state index is 0.267. The first-order chi connectivity index (χ1) is 17.0. The Labute approximate surface area is 209 Å². The maximum absolute atomic E-state index is 14.1. The van der Waals surface area contributed by atoms with Crippen molar-refractivity contribution in [1.82, 2.24) is 9.88 Å². The van der Waals surface area contributed by atoms with Crippen LogP contribution in [0.5, 0.6) is 0 Å². The van der Waals surface area contributed by atoms with Crippen LogP contribution in [0.3, 0.4) is 0 Å². The van der Waals surface area contributed by atoms with Crippen molar-refractivity contribution in [1.29, 1.82) is 0 Å². The molecule has 0 N–H and O–H groups in total. The second-order valence-corrected chi connectivity index (χ2v) is 9.97. The summed E-state index contributed by atoms with van der Waals surface area (Å²) in [7, 11) is 1.68. The van der Waals surface area contributed by atoms with Gasteiger partial charge in [0.15, 0.2) is 6.10 Å². The van der Waals surface area contributed by atoms with Gasteiger partial charge in [0, 0.05) is 36.4 Å². The number of aromatic nitrogens is 1. The molecule has 2 aliphatic heterocycles. The van der Waals surface area contributed by atoms with Crippen LogP contribution in [-0.2, 0) is 9.57 Å². The third-order valence-corrected chi connectivity index (χ3v) is 7.62. The molecule has 1 fully saturated rings. The number of oxime groups is 1. The molecule has 1 aromatic heterocycles. The number of piperidine rings is 1. The van der Waals surface area contributed by atoms with E-state index in [9.17, 15) is 4.39 Å². The first-order valence-electron chi connectivity index (χ1n) is 11.9. The van der Waals surface area contributed by atoms with Crippen molar-refractivity contribution in [2.45, 2.75) is 45.1 Å². The van der Waals surface area contributed by atoms with Crippen LogP contribution >= 0.6 is 11.3 Å². The summed E-state index contributed by atoms with van der Waals surface area (Å²) in [5, 5.41) is 7.37. The van der Waals surface area contributed by atoms with E-state index >= 15 is 0 Å². The van der Waals surface area contributed by atoms with Gasteiger partial charge in [-0.25, -0.2) is 9.37 Å². The van der Waals surface area contributed by atoms with Crippen LogP contribution in [0.2, 0.25) is 0 Å². The van der Waals surface area contributed by atoms with Crippen LogP contribution < -0.4 is 0 Å². The van der Waals surface area contributed by atoms with Crippen molar-refractivity contribution < 1.29 is 14.0 Å². The van der Waals surface area contributed by atoms with Gasteiger partial charge in [0.2, 0.25) is 0 Å². The van der Waals surface area contributed by atoms with Crippen molar-refractivity contribution in [3.05, 3.63) is 81.1 Å². The predicted octanol–water partition coefficient (Wildman–Crippen LogP) is 6.28. The van der Waals surface area contributed by atoms with Crippen molar-refractivity contribution >= 4 is 28.8 Å². The summed E-state index contributed by atoms with van der Waals surface area (Å²) in [5.41, 5.74) is 5.40. The molecular formula is C27H29FN4O2S. The highest BCUT2D eigenvalue weighted by molar-refractivity contribution is 7.10. The lowest BCUT2D eigenvalue weighted by atomic mass is 9.97. The molecule has 2 aromatic carbocycles. The molecule has 6 nitrogen and oxygen atoms in total. The van der Waals surface area contributed by atoms with Gasteiger partial charge >= 0.3 is 0 Å². The summed E-state index contributed by atoms with van der Waals surface area (Å²) in [6.07, 6.45) is 2.07. The molecule has 0 saturated carbocycles. The molecule has 35 heavy (non-hydrogen) atoms. The number of hydrogen-bond acceptors (Lipinski definition) is 6. The number of hydrogen-bond donors (Lipinski definition) is 0. The fourth-order valence-electron chi connectivity index (χ4n) is 4.55. The zero-order valence-corrected chi connectivity index (χ0v) is 21.0. The molecule has 0 radical (unpaired) electrons. The maximum atomic E-state index is 14.1. The van der Waals surface area contributed by atoms with Crippen LogP contribution in [0.25, 0.3) is 0 Å². The Hall–Kier alpha value is -3.26. The number of benzene rings is 2. The predicted molar refractivity (Wildman–Crippen MR) is 137 cm³/mol. The van der Waals surface area contributed by atoms with Crippen LogP contribution in [0.15, 0.2) is 58.0 Å². The SMILES string of the molecule is CO/C(=N\c1cc(C)ccc1C)N1CCC(c2nc(C3=NOC(c4ccccc4F)C3)cs2)CC1. The van der Waals surface area contributed by atoms with Gasteiger partial charge in [-0.1, -0.05) is 35.5 Å². The van der Waals surface area contributed by atoms with Crippen LogP contribution in [-0.4, -0.2) is 41.8 Å². The Bertz CT molecular complexity index is 1260. The Balaban J connectivity index is 1.21. The van der Waals surface area contributed by atoms with Crippen molar-refractivity contribution in [2.75, 3.05) is 20.2 Å². The Morgan fingerprint density at radius 3 is 2.74 bits per heavy atom. The van der Waals surface area contributed by atoms with Crippen LogP contribution in [0, 0.1) is 19.7 Å². The number of halogens is 1. The molecule has 0 aliphatic carbocycles. The average Bonchev–Trinajstić information content (AvgIpc) is 3.55. The molecule has 3 heterocycles. The average molecular weight is 493 g/mol. The number of aliphatic imine (C=N–C) groups is 1. The molecule has 1 saturated heterocycles. The van der Waals surface area contributed by atoms with E-state index in [0.717, 1.165) is 53.6 Å². The molecule has 3 aromatic rings. The van der Waals surface area contributed by atoms with Gasteiger partial charge in [-0.3, -0.25) is 0 Å². The zero-order valence-electron chi connectivity index (χ0n) is 20.2. The van der Waals surface area contributed by atoms with Crippen molar-refractivity contribution in [2.24, 2.45) is 10.1 Å². The molecule has 2 aliphatic rings. The van der Waals surface area contributed by atoms with Gasteiger partial charge in [-0.15, -0.1) is 11.3 Å². The first kappa shape index (κ1) is 23.5. The number of ether oxygens (including phenoxy) is 1. The van der Waals surface area contributed by atoms with E-state index in [-0.39, 0.29) is 5.82 Å². The Morgan fingerprint density at radius 2 is 1.97 bits per heavy atom. The highest BCUT2D eigenvalue weighted by Crippen LogP contribution is 2.34. The van der Waals surface area contributed by atoms with Crippen molar-refractivity contribution in [3.8, 4) is 0 Å². The van der Waals surface area contributed by atoms with Gasteiger partial charge in [0.1, 0.15) is 11.5 Å². The van der Waals surface area contributed by atoms with Gasteiger partial charge in [0.25, 0.3) is 6.02 Å². The minimum atomic E-state index is -0.400. The van der Waals surface area contributed by atoms with Crippen LogP contribution in [0.4, 0.5) is 10.1 Å². The number of likely N-dealkylation sites (tertiary alicyclic amines) is 1. The maximum Gasteiger partial charge on any atom is 0.292 e. The molecular weight excluding hydrogens is 463 g/mol. The summed E-state index contributed by atoms with van der Waals surface area (Å²) in [5.74, 6) is 0.116. The smallest absolute Gasteiger partial charge is 0.292 e. The number of methoxy groups -OCH3 is 1. The number of thiazole rings is 1. The second kappa shape index (κ2) is 10.2. The monoisotopic (exact) mass is 492 g/mol. The van der Waals surface area contributed by atoms with E-state index in [1.54, 1.807) is 30.6 Å². The van der Waals surface area contributed by atoms with Gasteiger partial charge in [-0.2, -0.15) is 4.99 Å². The first-order valence-corrected chi connectivity index (χ1v) is 12.8. The van der Waals surface area contributed by atoms with Gasteiger partial charge < -0.3 is 14.5 Å². The molecule has 1 atom stereocenters. The lowest BCUT2D eigenvalue weighted by molar-refractivity contribution is 0.0830. The van der Waals surface area contributed by atoms with E-state index in [0.29, 0.717) is 23.9 Å². The quantitative estimate of drug-likeness (QED) is 0.318. The van der Waals surface area contributed by atoms with Crippen molar-refractivity contribution in [3.63, 3.8) is 0 Å². The highest BCUT2D eigenvalue weighted by atomic mass is 32.1. The fraction of sp³-hybridized carbons (Fsp3) is 0.370. The molecule has 8 heteroatoms. The Kier molecular flexibility index (Phi) is 6.81. The van der Waals surface area contributed by atoms with E-state index in [1.165, 1.54) is 11.6 Å². The summed E-state index contributed by atoms with van der Waals surface area (Å²) >= 11 is 1.66. The minimum Gasteiger partial charge on any atom is -0.468 e. The molecule has 0 spiro atoms. The Morgan fingerprint density at radius 1 is 1.17 bits per heavy atom. The molecule has 1 unspecified atom stereocenters. The largest absolute Gasteiger partial charge is 0.468 e. The van der Waals surface area contributed by atoms with E-state index in [1.807, 2.05) is 11.4 Å². The molecule has 0 amide bonds. The van der Waals surface area contributed by atoms with Gasteiger partial charge in [-0.05, 0) is 49.9 Å². The lowest BCUT2D eigenvalue weighted by Crippen LogP contribution is -2.38. The normalized spacial score (nSPS) is 19.0. The summed E-state index contributed by atoms with van der Waals surface area (Å²) in [6, 6.07) is 13.6. The second-order valence-electron chi connectivity index (χ2n) is 9.08. The third-order valence-electron chi connectivity index (χ3n) is 6.62. The zero-order chi connectivity index (χ0) is 24.4. The number of aryl methyl sites for hydroxylation is 2. The number of nitrogens with zero attached hydrogens (tertiary/aromatic N) is 4. The third kappa shape index (κ3) is 5.07. The van der Waals surface area contributed by atoms with E-state index in [4.69, 9.17) is 19.6 Å². The number of rotatable bonds is 4. The van der Waals surface area contributed by atoms with E-state index < -0.39 is 6.10 Å². The molecule has 5 rings (SSSR count). The summed E-state index contributed by atoms with van der Waals surface area (Å²) in [6.45, 7) is 5.85.